The van der Waals surface area contributed by atoms with Crippen molar-refractivity contribution in [3.8, 4) is 0 Å². The van der Waals surface area contributed by atoms with Gasteiger partial charge < -0.3 is 10.1 Å². The van der Waals surface area contributed by atoms with E-state index in [0.29, 0.717) is 11.6 Å². The van der Waals surface area contributed by atoms with Gasteiger partial charge in [0, 0.05) is 31.7 Å². The van der Waals surface area contributed by atoms with E-state index in [-0.39, 0.29) is 5.28 Å². The van der Waals surface area contributed by atoms with Gasteiger partial charge >= 0.3 is 0 Å². The lowest BCUT2D eigenvalue weighted by Crippen LogP contribution is -1.94. The summed E-state index contributed by atoms with van der Waals surface area (Å²) in [5.74, 6) is 1.32. The van der Waals surface area contributed by atoms with E-state index in [1.54, 1.807) is 19.4 Å². The summed E-state index contributed by atoms with van der Waals surface area (Å²) in [6, 6.07) is 3.66. The van der Waals surface area contributed by atoms with E-state index >= 15 is 0 Å². The van der Waals surface area contributed by atoms with Crippen LogP contribution in [0, 0.1) is 0 Å². The molecule has 2 aromatic heterocycles. The maximum Gasteiger partial charge on any atom is 0.224 e. The quantitative estimate of drug-likeness (QED) is 0.620. The molecule has 0 atom stereocenters. The molecule has 0 spiro atoms. The summed E-state index contributed by atoms with van der Waals surface area (Å²) in [4.78, 5) is 7.83. The minimum absolute atomic E-state index is 0.204. The van der Waals surface area contributed by atoms with Gasteiger partial charge in [-0.25, -0.2) is 9.97 Å². The number of halogens is 1. The molecule has 0 radical (unpaired) electrons. The fourth-order valence-electron chi connectivity index (χ4n) is 1.50. The van der Waals surface area contributed by atoms with E-state index in [9.17, 15) is 0 Å². The first kappa shape index (κ1) is 12.8. The summed E-state index contributed by atoms with van der Waals surface area (Å²) < 4.78 is 5.00. The third-order valence-electron chi connectivity index (χ3n) is 2.31. The summed E-state index contributed by atoms with van der Waals surface area (Å²) in [5.41, 5.74) is 1.05. The highest BCUT2D eigenvalue weighted by atomic mass is 35.5. The number of aromatic nitrogens is 4. The highest BCUT2D eigenvalue weighted by molar-refractivity contribution is 6.28. The molecule has 7 heteroatoms. The number of H-pyrrole nitrogens is 1. The van der Waals surface area contributed by atoms with Crippen LogP contribution in [0.3, 0.4) is 0 Å². The van der Waals surface area contributed by atoms with Crippen LogP contribution in [0.5, 0.6) is 0 Å². The first-order chi connectivity index (χ1) is 8.78. The Balaban J connectivity index is 1.94. The van der Waals surface area contributed by atoms with Gasteiger partial charge in [0.1, 0.15) is 5.82 Å². The second-order valence-electron chi connectivity index (χ2n) is 3.71. The van der Waals surface area contributed by atoms with Gasteiger partial charge in [0.25, 0.3) is 0 Å². The summed E-state index contributed by atoms with van der Waals surface area (Å²) in [6.07, 6.45) is 3.44. The van der Waals surface area contributed by atoms with E-state index in [1.807, 2.05) is 6.07 Å². The molecule has 0 aromatic carbocycles. The topological polar surface area (TPSA) is 75.7 Å². The molecule has 2 heterocycles. The number of aryl methyl sites for hydroxylation is 1. The molecular weight excluding hydrogens is 254 g/mol. The maximum absolute atomic E-state index is 5.70. The van der Waals surface area contributed by atoms with Gasteiger partial charge in [0.2, 0.25) is 5.28 Å². The lowest BCUT2D eigenvalue weighted by molar-refractivity contribution is 0.195. The Kier molecular flexibility index (Phi) is 4.49. The number of methoxy groups -OCH3 is 1. The minimum atomic E-state index is 0.204. The SMILES string of the molecule is COCCCc1cc(Nc2ccnc(Cl)n2)n[nH]1. The van der Waals surface area contributed by atoms with Crippen molar-refractivity contribution in [2.24, 2.45) is 0 Å². The van der Waals surface area contributed by atoms with Gasteiger partial charge in [-0.1, -0.05) is 0 Å². The van der Waals surface area contributed by atoms with Gasteiger partial charge in [0.15, 0.2) is 5.82 Å². The molecule has 0 amide bonds. The van der Waals surface area contributed by atoms with Crippen LogP contribution < -0.4 is 5.32 Å². The molecule has 0 aliphatic heterocycles. The van der Waals surface area contributed by atoms with E-state index in [1.165, 1.54) is 0 Å². The van der Waals surface area contributed by atoms with Gasteiger partial charge in [0.05, 0.1) is 0 Å². The summed E-state index contributed by atoms with van der Waals surface area (Å²) in [7, 11) is 1.69. The maximum atomic E-state index is 5.70. The van der Waals surface area contributed by atoms with Crippen LogP contribution in [0.15, 0.2) is 18.3 Å². The van der Waals surface area contributed by atoms with E-state index < -0.39 is 0 Å². The number of nitrogens with one attached hydrogen (secondary N) is 2. The van der Waals surface area contributed by atoms with Crippen LogP contribution in [-0.2, 0) is 11.2 Å². The van der Waals surface area contributed by atoms with E-state index in [4.69, 9.17) is 16.3 Å². The molecule has 0 saturated heterocycles. The zero-order chi connectivity index (χ0) is 12.8. The van der Waals surface area contributed by atoms with Crippen molar-refractivity contribution in [1.29, 1.82) is 0 Å². The molecule has 2 N–H and O–H groups in total. The molecule has 0 saturated carbocycles. The summed E-state index contributed by atoms with van der Waals surface area (Å²) >= 11 is 5.70. The predicted octanol–water partition coefficient (Wildman–Crippen LogP) is 2.18. The number of hydrogen-bond donors (Lipinski definition) is 2. The Bertz CT molecular complexity index is 502. The normalized spacial score (nSPS) is 10.6. The average molecular weight is 268 g/mol. The van der Waals surface area contributed by atoms with Crippen molar-refractivity contribution in [3.05, 3.63) is 29.3 Å². The van der Waals surface area contributed by atoms with Gasteiger partial charge in [-0.2, -0.15) is 5.10 Å². The highest BCUT2D eigenvalue weighted by Crippen LogP contribution is 2.14. The van der Waals surface area contributed by atoms with Crippen LogP contribution >= 0.6 is 11.6 Å². The van der Waals surface area contributed by atoms with Crippen LogP contribution in [0.2, 0.25) is 5.28 Å². The highest BCUT2D eigenvalue weighted by Gasteiger charge is 2.03. The Morgan fingerprint density at radius 2 is 2.33 bits per heavy atom. The van der Waals surface area contributed by atoms with Gasteiger partial charge in [-0.15, -0.1) is 0 Å². The zero-order valence-corrected chi connectivity index (χ0v) is 10.7. The van der Waals surface area contributed by atoms with Crippen LogP contribution in [0.1, 0.15) is 12.1 Å². The molecular formula is C11H14ClN5O. The Morgan fingerprint density at radius 1 is 1.44 bits per heavy atom. The summed E-state index contributed by atoms with van der Waals surface area (Å²) in [5, 5.41) is 10.3. The third kappa shape index (κ3) is 3.68. The van der Waals surface area contributed by atoms with Crippen molar-refractivity contribution < 1.29 is 4.74 Å². The summed E-state index contributed by atoms with van der Waals surface area (Å²) in [6.45, 7) is 0.739. The van der Waals surface area contributed by atoms with E-state index in [0.717, 1.165) is 25.1 Å². The van der Waals surface area contributed by atoms with Crippen molar-refractivity contribution >= 4 is 23.2 Å². The van der Waals surface area contributed by atoms with Crippen molar-refractivity contribution in [3.63, 3.8) is 0 Å². The lowest BCUT2D eigenvalue weighted by Gasteiger charge is -2.00. The molecule has 0 fully saturated rings. The van der Waals surface area contributed by atoms with E-state index in [2.05, 4.69) is 25.5 Å². The zero-order valence-electron chi connectivity index (χ0n) is 9.98. The fraction of sp³-hybridized carbons (Fsp3) is 0.364. The number of hydrogen-bond acceptors (Lipinski definition) is 5. The molecule has 0 aliphatic rings. The largest absolute Gasteiger partial charge is 0.385 e. The number of nitrogens with zero attached hydrogens (tertiary/aromatic N) is 3. The molecule has 6 nitrogen and oxygen atoms in total. The monoisotopic (exact) mass is 267 g/mol. The Morgan fingerprint density at radius 3 is 3.11 bits per heavy atom. The number of ether oxygens (including phenoxy) is 1. The van der Waals surface area contributed by atoms with Crippen LogP contribution in [0.4, 0.5) is 11.6 Å². The molecule has 2 aromatic rings. The van der Waals surface area contributed by atoms with Crippen LogP contribution in [0.25, 0.3) is 0 Å². The number of anilines is 2. The molecule has 0 aliphatic carbocycles. The van der Waals surface area contributed by atoms with Crippen molar-refractivity contribution in [2.45, 2.75) is 12.8 Å². The smallest absolute Gasteiger partial charge is 0.224 e. The minimum Gasteiger partial charge on any atom is -0.385 e. The van der Waals surface area contributed by atoms with Gasteiger partial charge in [-0.3, -0.25) is 5.10 Å². The molecule has 2 rings (SSSR count). The average Bonchev–Trinajstić information content (AvgIpc) is 2.77. The van der Waals surface area contributed by atoms with Gasteiger partial charge in [-0.05, 0) is 30.5 Å². The fourth-order valence-corrected chi connectivity index (χ4v) is 1.64. The lowest BCUT2D eigenvalue weighted by atomic mass is 10.2. The first-order valence-corrected chi connectivity index (χ1v) is 5.94. The molecule has 18 heavy (non-hydrogen) atoms. The third-order valence-corrected chi connectivity index (χ3v) is 2.49. The second kappa shape index (κ2) is 6.32. The molecule has 0 unspecified atom stereocenters. The number of rotatable bonds is 6. The molecule has 96 valence electrons. The molecule has 0 bridgehead atoms. The van der Waals surface area contributed by atoms with Crippen molar-refractivity contribution in [1.82, 2.24) is 20.2 Å². The Labute approximate surface area is 110 Å². The van der Waals surface area contributed by atoms with Crippen molar-refractivity contribution in [2.75, 3.05) is 19.0 Å². The standard InChI is InChI=1S/C11H14ClN5O/c1-18-6-2-3-8-7-10(17-16-8)14-9-4-5-13-11(12)15-9/h4-5,7H,2-3,6H2,1H3,(H2,13,14,15,16,17). The van der Waals surface area contributed by atoms with Crippen LogP contribution in [-0.4, -0.2) is 33.9 Å². The second-order valence-corrected chi connectivity index (χ2v) is 4.05. The Hall–Kier alpha value is -1.66. The first-order valence-electron chi connectivity index (χ1n) is 5.57. The number of aromatic amines is 1. The predicted molar refractivity (Wildman–Crippen MR) is 69.1 cm³/mol.